The fourth-order valence-electron chi connectivity index (χ4n) is 1.78. The van der Waals surface area contributed by atoms with Crippen LogP contribution < -0.4 is 0 Å². The van der Waals surface area contributed by atoms with Gasteiger partial charge in [-0.05, 0) is 32.1 Å². The van der Waals surface area contributed by atoms with Crippen LogP contribution in [0.25, 0.3) is 0 Å². The predicted octanol–water partition coefficient (Wildman–Crippen LogP) is 4.61. The third-order valence-corrected chi connectivity index (χ3v) is 5.30. The Balaban J connectivity index is 0. The van der Waals surface area contributed by atoms with Crippen LogP contribution in [0.1, 0.15) is 68.7 Å². The highest BCUT2D eigenvalue weighted by atomic mass is 31.1. The lowest BCUT2D eigenvalue weighted by Crippen LogP contribution is -2.32. The third-order valence-electron chi connectivity index (χ3n) is 3.64. The number of esters is 2. The standard InChI is InChI=1S/C16H21O6P.2C2H6/c1-4-16(2,23-3)15(20)22-10-9-21-14(19)12-8-6-5-7-11(12)13(17)18;2*1-2/h5-8,23H,4,9-10H2,1-3H3,(H,17,18);2*1-2H3. The van der Waals surface area contributed by atoms with E-state index in [1.165, 1.54) is 18.2 Å². The fourth-order valence-corrected chi connectivity index (χ4v) is 2.41. The monoisotopic (exact) mass is 400 g/mol. The lowest BCUT2D eigenvalue weighted by Gasteiger charge is -2.23. The zero-order valence-electron chi connectivity index (χ0n) is 17.4. The van der Waals surface area contributed by atoms with Gasteiger partial charge in [0, 0.05) is 0 Å². The number of hydrogen-bond donors (Lipinski definition) is 1. The summed E-state index contributed by atoms with van der Waals surface area (Å²) in [6.07, 6.45) is 0.673. The number of carboxylic acid groups (broad SMARTS) is 1. The number of hydrogen-bond acceptors (Lipinski definition) is 5. The summed E-state index contributed by atoms with van der Waals surface area (Å²) in [6.45, 7) is 13.5. The zero-order chi connectivity index (χ0) is 21.5. The Morgan fingerprint density at radius 3 is 1.93 bits per heavy atom. The van der Waals surface area contributed by atoms with E-state index in [2.05, 4.69) is 0 Å². The molecule has 154 valence electrons. The molecule has 0 aromatic heterocycles. The Morgan fingerprint density at radius 2 is 1.48 bits per heavy atom. The van der Waals surface area contributed by atoms with Gasteiger partial charge in [-0.3, -0.25) is 4.79 Å². The summed E-state index contributed by atoms with van der Waals surface area (Å²) in [5.41, 5.74) is -0.153. The van der Waals surface area contributed by atoms with E-state index < -0.39 is 17.1 Å². The predicted molar refractivity (Wildman–Crippen MR) is 110 cm³/mol. The van der Waals surface area contributed by atoms with Gasteiger partial charge in [0.2, 0.25) is 0 Å². The molecular formula is C20H33O6P. The highest BCUT2D eigenvalue weighted by Gasteiger charge is 2.30. The highest BCUT2D eigenvalue weighted by molar-refractivity contribution is 7.40. The van der Waals surface area contributed by atoms with Gasteiger partial charge in [0.05, 0.1) is 16.3 Å². The van der Waals surface area contributed by atoms with Crippen molar-refractivity contribution in [2.75, 3.05) is 19.9 Å². The highest BCUT2D eigenvalue weighted by Crippen LogP contribution is 2.32. The van der Waals surface area contributed by atoms with E-state index in [0.717, 1.165) is 0 Å². The quantitative estimate of drug-likeness (QED) is 0.389. The lowest BCUT2D eigenvalue weighted by molar-refractivity contribution is -0.147. The Bertz CT molecular complexity index is 582. The van der Waals surface area contributed by atoms with Gasteiger partial charge in [-0.15, -0.1) is 8.58 Å². The Hall–Kier alpha value is -1.94. The Labute approximate surface area is 164 Å². The van der Waals surface area contributed by atoms with E-state index >= 15 is 0 Å². The molecule has 7 heteroatoms. The number of aromatic carboxylic acids is 1. The van der Waals surface area contributed by atoms with Crippen LogP contribution in [0.3, 0.4) is 0 Å². The number of carboxylic acids is 1. The molecule has 0 saturated heterocycles. The van der Waals surface area contributed by atoms with Crippen LogP contribution in [-0.2, 0) is 14.3 Å². The second kappa shape index (κ2) is 15.2. The van der Waals surface area contributed by atoms with Crippen molar-refractivity contribution in [3.8, 4) is 0 Å². The average molecular weight is 400 g/mol. The molecule has 2 unspecified atom stereocenters. The first-order valence-corrected chi connectivity index (χ1v) is 10.7. The summed E-state index contributed by atoms with van der Waals surface area (Å²) in [4.78, 5) is 34.9. The van der Waals surface area contributed by atoms with E-state index in [-0.39, 0.29) is 30.3 Å². The van der Waals surface area contributed by atoms with E-state index in [1.807, 2.05) is 48.2 Å². The molecule has 0 fully saturated rings. The molecule has 2 atom stereocenters. The minimum atomic E-state index is -1.20. The molecule has 0 saturated carbocycles. The van der Waals surface area contributed by atoms with Crippen molar-refractivity contribution < 1.29 is 29.0 Å². The normalized spacial score (nSPS) is 12.0. The first kappa shape index (κ1) is 27.3. The van der Waals surface area contributed by atoms with Crippen LogP contribution in [0.15, 0.2) is 24.3 Å². The lowest BCUT2D eigenvalue weighted by atomic mass is 10.1. The summed E-state index contributed by atoms with van der Waals surface area (Å²) in [7, 11) is 0.415. The van der Waals surface area contributed by atoms with E-state index in [0.29, 0.717) is 15.0 Å². The largest absolute Gasteiger partial charge is 0.478 e. The van der Waals surface area contributed by atoms with Crippen molar-refractivity contribution in [1.29, 1.82) is 0 Å². The van der Waals surface area contributed by atoms with Crippen molar-refractivity contribution >= 4 is 26.5 Å². The number of rotatable bonds is 8. The summed E-state index contributed by atoms with van der Waals surface area (Å²) in [5.74, 6) is -2.27. The molecule has 1 aromatic carbocycles. The maximum Gasteiger partial charge on any atom is 0.339 e. The van der Waals surface area contributed by atoms with Crippen LogP contribution in [-0.4, -0.2) is 48.0 Å². The van der Waals surface area contributed by atoms with Gasteiger partial charge in [0.25, 0.3) is 0 Å². The molecule has 27 heavy (non-hydrogen) atoms. The molecule has 0 aliphatic carbocycles. The Kier molecular flexibility index (Phi) is 15.3. The van der Waals surface area contributed by atoms with Crippen LogP contribution in [0.5, 0.6) is 0 Å². The van der Waals surface area contributed by atoms with Crippen LogP contribution in [0, 0.1) is 0 Å². The first-order valence-electron chi connectivity index (χ1n) is 9.21. The van der Waals surface area contributed by atoms with Gasteiger partial charge in [0.1, 0.15) is 13.2 Å². The zero-order valence-corrected chi connectivity index (χ0v) is 18.4. The molecule has 1 rings (SSSR count). The first-order chi connectivity index (χ1) is 12.9. The number of benzene rings is 1. The van der Waals surface area contributed by atoms with Gasteiger partial charge >= 0.3 is 17.9 Å². The van der Waals surface area contributed by atoms with E-state index in [9.17, 15) is 14.4 Å². The SMILES string of the molecule is CC.CC.CCC(C)(PC)C(=O)OCCOC(=O)c1ccccc1C(=O)O. The summed E-state index contributed by atoms with van der Waals surface area (Å²) < 4.78 is 10.1. The topological polar surface area (TPSA) is 89.9 Å². The summed E-state index contributed by atoms with van der Waals surface area (Å²) >= 11 is 0. The molecule has 0 heterocycles. The second-order valence-corrected chi connectivity index (χ2v) is 6.66. The molecule has 0 aliphatic heterocycles. The van der Waals surface area contributed by atoms with Gasteiger partial charge in [-0.1, -0.05) is 46.8 Å². The summed E-state index contributed by atoms with van der Waals surface area (Å²) in [6, 6.07) is 5.79. The maximum absolute atomic E-state index is 12.0. The Morgan fingerprint density at radius 1 is 1.00 bits per heavy atom. The van der Waals surface area contributed by atoms with Crippen molar-refractivity contribution in [3.63, 3.8) is 0 Å². The van der Waals surface area contributed by atoms with Crippen LogP contribution in [0.2, 0.25) is 0 Å². The molecule has 0 spiro atoms. The molecule has 1 aromatic rings. The fraction of sp³-hybridized carbons (Fsp3) is 0.550. The van der Waals surface area contributed by atoms with Crippen molar-refractivity contribution in [1.82, 2.24) is 0 Å². The van der Waals surface area contributed by atoms with Gasteiger partial charge in [-0.25, -0.2) is 9.59 Å². The molecule has 1 N–H and O–H groups in total. The molecular weight excluding hydrogens is 367 g/mol. The number of carbonyl (C=O) groups excluding carboxylic acids is 2. The minimum Gasteiger partial charge on any atom is -0.478 e. The van der Waals surface area contributed by atoms with Gasteiger partial charge in [0.15, 0.2) is 0 Å². The van der Waals surface area contributed by atoms with E-state index in [1.54, 1.807) is 6.07 Å². The molecule has 0 aliphatic rings. The third kappa shape index (κ3) is 9.00. The minimum absolute atomic E-state index is 0.0280. The molecule has 0 bridgehead atoms. The van der Waals surface area contributed by atoms with Crippen LogP contribution in [0.4, 0.5) is 0 Å². The number of ether oxygens (including phenoxy) is 2. The van der Waals surface area contributed by atoms with Crippen molar-refractivity contribution in [2.24, 2.45) is 0 Å². The van der Waals surface area contributed by atoms with Gasteiger partial charge in [-0.2, -0.15) is 0 Å². The maximum atomic E-state index is 12.0. The van der Waals surface area contributed by atoms with Crippen LogP contribution >= 0.6 is 8.58 Å². The summed E-state index contributed by atoms with van der Waals surface area (Å²) in [5, 5.41) is 8.51. The molecule has 6 nitrogen and oxygen atoms in total. The van der Waals surface area contributed by atoms with Gasteiger partial charge < -0.3 is 14.6 Å². The second-order valence-electron chi connectivity index (χ2n) is 5.06. The van der Waals surface area contributed by atoms with Crippen molar-refractivity contribution in [3.05, 3.63) is 35.4 Å². The average Bonchev–Trinajstić information content (AvgIpc) is 2.73. The molecule has 0 amide bonds. The van der Waals surface area contributed by atoms with E-state index in [4.69, 9.17) is 14.6 Å². The smallest absolute Gasteiger partial charge is 0.339 e. The molecule has 0 radical (unpaired) electrons. The number of carbonyl (C=O) groups is 3. The van der Waals surface area contributed by atoms with Crippen molar-refractivity contribution in [2.45, 2.75) is 53.1 Å².